The van der Waals surface area contributed by atoms with E-state index in [1.165, 1.54) is 11.1 Å². The van der Waals surface area contributed by atoms with E-state index in [9.17, 15) is 0 Å². The number of hydrogen-bond acceptors (Lipinski definition) is 3. The molecule has 9 rings (SSSR count). The van der Waals surface area contributed by atoms with E-state index in [0.29, 0.717) is 0 Å². The molecule has 0 radical (unpaired) electrons. The van der Waals surface area contributed by atoms with Crippen molar-refractivity contribution in [1.82, 2.24) is 9.97 Å². The summed E-state index contributed by atoms with van der Waals surface area (Å²) in [6.07, 6.45) is 0. The van der Waals surface area contributed by atoms with E-state index >= 15 is 0 Å². The predicted octanol–water partition coefficient (Wildman–Crippen LogP) is 11.4. The fourth-order valence-corrected chi connectivity index (χ4v) is 6.35. The maximum atomic E-state index is 6.29. The van der Waals surface area contributed by atoms with Crippen LogP contribution in [0.25, 0.3) is 88.5 Å². The zero-order chi connectivity index (χ0) is 29.7. The van der Waals surface area contributed by atoms with Gasteiger partial charge in [0, 0.05) is 38.2 Å². The van der Waals surface area contributed by atoms with Gasteiger partial charge in [-0.3, -0.25) is 0 Å². The van der Waals surface area contributed by atoms with Gasteiger partial charge >= 0.3 is 0 Å². The Morgan fingerprint density at radius 1 is 0.356 bits per heavy atom. The lowest BCUT2D eigenvalue weighted by atomic mass is 10.00. The summed E-state index contributed by atoms with van der Waals surface area (Å²) in [6.45, 7) is 0. The van der Waals surface area contributed by atoms with E-state index in [1.54, 1.807) is 0 Å². The lowest BCUT2D eigenvalue weighted by Gasteiger charge is -2.09. The van der Waals surface area contributed by atoms with Crippen LogP contribution in [0.4, 0.5) is 0 Å². The third-order valence-corrected chi connectivity index (χ3v) is 8.70. The Labute approximate surface area is 260 Å². The molecule has 0 aliphatic heterocycles. The molecule has 210 valence electrons. The van der Waals surface area contributed by atoms with Crippen LogP contribution in [0.15, 0.2) is 162 Å². The molecular formula is C42H26N2O. The SMILES string of the molecule is c1ccc(-c2ccc(-c3ccc4ccc5ccc(-c6ccc(-c7cccc8c7oc7ccccc78)cc6)nc5c4n3)cc2)cc1. The van der Waals surface area contributed by atoms with Gasteiger partial charge in [0.25, 0.3) is 0 Å². The van der Waals surface area contributed by atoms with E-state index in [2.05, 4.69) is 140 Å². The number of benzene rings is 6. The first-order chi connectivity index (χ1) is 22.3. The van der Waals surface area contributed by atoms with Crippen LogP contribution in [0.1, 0.15) is 0 Å². The summed E-state index contributed by atoms with van der Waals surface area (Å²) < 4.78 is 6.29. The van der Waals surface area contributed by atoms with Gasteiger partial charge in [-0.2, -0.15) is 0 Å². The van der Waals surface area contributed by atoms with Gasteiger partial charge in [-0.05, 0) is 34.9 Å². The van der Waals surface area contributed by atoms with E-state index < -0.39 is 0 Å². The molecule has 0 aliphatic carbocycles. The number of para-hydroxylation sites is 2. The van der Waals surface area contributed by atoms with Crippen molar-refractivity contribution in [2.24, 2.45) is 0 Å². The van der Waals surface area contributed by atoms with Crippen LogP contribution in [0.3, 0.4) is 0 Å². The Morgan fingerprint density at radius 3 is 1.53 bits per heavy atom. The van der Waals surface area contributed by atoms with Crippen molar-refractivity contribution in [3.05, 3.63) is 158 Å². The van der Waals surface area contributed by atoms with E-state index in [1.807, 2.05) is 18.2 Å². The van der Waals surface area contributed by atoms with Crippen molar-refractivity contribution in [3.63, 3.8) is 0 Å². The topological polar surface area (TPSA) is 38.9 Å². The van der Waals surface area contributed by atoms with Gasteiger partial charge in [0.15, 0.2) is 0 Å². The lowest BCUT2D eigenvalue weighted by Crippen LogP contribution is -1.91. The molecule has 45 heavy (non-hydrogen) atoms. The molecule has 0 saturated carbocycles. The summed E-state index contributed by atoms with van der Waals surface area (Å²) in [4.78, 5) is 10.3. The van der Waals surface area contributed by atoms with Gasteiger partial charge in [-0.25, -0.2) is 9.97 Å². The minimum atomic E-state index is 0.906. The quantitative estimate of drug-likeness (QED) is 0.196. The van der Waals surface area contributed by atoms with Crippen molar-refractivity contribution in [2.75, 3.05) is 0 Å². The molecule has 0 aliphatic rings. The zero-order valence-corrected chi connectivity index (χ0v) is 24.3. The number of furan rings is 1. The van der Waals surface area contributed by atoms with Crippen LogP contribution in [-0.2, 0) is 0 Å². The highest BCUT2D eigenvalue weighted by atomic mass is 16.3. The summed E-state index contributed by atoms with van der Waals surface area (Å²) in [5.74, 6) is 0. The normalized spacial score (nSPS) is 11.6. The Morgan fingerprint density at radius 2 is 0.867 bits per heavy atom. The van der Waals surface area contributed by atoms with E-state index in [4.69, 9.17) is 14.4 Å². The van der Waals surface area contributed by atoms with Crippen molar-refractivity contribution in [3.8, 4) is 44.8 Å². The highest BCUT2D eigenvalue weighted by Gasteiger charge is 2.13. The first-order valence-corrected chi connectivity index (χ1v) is 15.2. The number of fused-ring (bicyclic) bond motifs is 6. The van der Waals surface area contributed by atoms with Gasteiger partial charge in [-0.1, -0.05) is 140 Å². The van der Waals surface area contributed by atoms with E-state index in [-0.39, 0.29) is 0 Å². The molecule has 3 nitrogen and oxygen atoms in total. The summed E-state index contributed by atoms with van der Waals surface area (Å²) in [5.41, 5.74) is 12.2. The average molecular weight is 575 g/mol. The molecule has 3 heteroatoms. The summed E-state index contributed by atoms with van der Waals surface area (Å²) in [6, 6.07) is 54.9. The standard InChI is InChI=1S/C42H26N2O/c1-2-7-27(8-3-1)28-13-17-30(18-14-28)37-25-23-32-21-22-33-24-26-38(44-41(33)40(32)43-37)31-19-15-29(16-20-31)34-10-6-11-36-35-9-4-5-12-39(35)45-42(34)36/h1-26H. The largest absolute Gasteiger partial charge is 0.455 e. The Bertz CT molecular complexity index is 2510. The summed E-state index contributed by atoms with van der Waals surface area (Å²) in [7, 11) is 0. The van der Waals surface area contributed by atoms with Gasteiger partial charge in [0.1, 0.15) is 11.2 Å². The minimum Gasteiger partial charge on any atom is -0.455 e. The molecule has 9 aromatic rings. The number of aromatic nitrogens is 2. The highest BCUT2D eigenvalue weighted by molar-refractivity contribution is 6.09. The Kier molecular flexibility index (Phi) is 5.82. The van der Waals surface area contributed by atoms with Crippen LogP contribution in [0.5, 0.6) is 0 Å². The molecule has 0 amide bonds. The van der Waals surface area contributed by atoms with Gasteiger partial charge in [0.2, 0.25) is 0 Å². The Balaban J connectivity index is 1.09. The number of hydrogen-bond donors (Lipinski definition) is 0. The third-order valence-electron chi connectivity index (χ3n) is 8.70. The van der Waals surface area contributed by atoms with Crippen molar-refractivity contribution in [2.45, 2.75) is 0 Å². The second kappa shape index (κ2) is 10.3. The zero-order valence-electron chi connectivity index (χ0n) is 24.3. The van der Waals surface area contributed by atoms with Crippen LogP contribution < -0.4 is 0 Å². The molecule has 0 atom stereocenters. The van der Waals surface area contributed by atoms with Crippen molar-refractivity contribution in [1.29, 1.82) is 0 Å². The lowest BCUT2D eigenvalue weighted by molar-refractivity contribution is 0.670. The molecule has 3 heterocycles. The van der Waals surface area contributed by atoms with Crippen LogP contribution >= 0.6 is 0 Å². The fourth-order valence-electron chi connectivity index (χ4n) is 6.35. The summed E-state index contributed by atoms with van der Waals surface area (Å²) in [5, 5.41) is 4.42. The second-order valence-corrected chi connectivity index (χ2v) is 11.4. The highest BCUT2D eigenvalue weighted by Crippen LogP contribution is 2.36. The molecule has 0 fully saturated rings. The molecule has 0 saturated heterocycles. The first-order valence-electron chi connectivity index (χ1n) is 15.2. The first kappa shape index (κ1) is 25.4. The van der Waals surface area contributed by atoms with Crippen LogP contribution in [0, 0.1) is 0 Å². The third kappa shape index (κ3) is 4.37. The molecule has 6 aromatic carbocycles. The molecule has 0 unspecified atom stereocenters. The second-order valence-electron chi connectivity index (χ2n) is 11.4. The molecule has 0 bridgehead atoms. The van der Waals surface area contributed by atoms with Crippen molar-refractivity contribution >= 4 is 43.7 Å². The maximum absolute atomic E-state index is 6.29. The number of rotatable bonds is 4. The molecule has 0 spiro atoms. The number of nitrogens with zero attached hydrogens (tertiary/aromatic N) is 2. The van der Waals surface area contributed by atoms with Gasteiger partial charge in [0.05, 0.1) is 22.4 Å². The van der Waals surface area contributed by atoms with Gasteiger partial charge in [-0.15, -0.1) is 0 Å². The van der Waals surface area contributed by atoms with E-state index in [0.717, 1.165) is 77.4 Å². The average Bonchev–Trinajstić information content (AvgIpc) is 3.51. The van der Waals surface area contributed by atoms with Crippen LogP contribution in [-0.4, -0.2) is 9.97 Å². The minimum absolute atomic E-state index is 0.906. The van der Waals surface area contributed by atoms with Gasteiger partial charge < -0.3 is 4.42 Å². The monoisotopic (exact) mass is 574 g/mol. The molecular weight excluding hydrogens is 548 g/mol. The smallest absolute Gasteiger partial charge is 0.143 e. The fraction of sp³-hybridized carbons (Fsp3) is 0. The molecule has 3 aromatic heterocycles. The maximum Gasteiger partial charge on any atom is 0.143 e. The Hall–Kier alpha value is -6.06. The van der Waals surface area contributed by atoms with Crippen molar-refractivity contribution < 1.29 is 4.42 Å². The number of pyridine rings is 2. The molecule has 0 N–H and O–H groups in total. The van der Waals surface area contributed by atoms with Crippen LogP contribution in [0.2, 0.25) is 0 Å². The predicted molar refractivity (Wildman–Crippen MR) is 186 cm³/mol. The summed E-state index contributed by atoms with van der Waals surface area (Å²) >= 11 is 0.